The Balaban J connectivity index is 2.36. The van der Waals surface area contributed by atoms with Crippen LogP contribution in [0.3, 0.4) is 0 Å². The quantitative estimate of drug-likeness (QED) is 0.698. The highest BCUT2D eigenvalue weighted by Gasteiger charge is 2.19. The first-order chi connectivity index (χ1) is 11.1. The fourth-order valence-corrected chi connectivity index (χ4v) is 2.49. The number of hydrogen-bond donors (Lipinski definition) is 0. The molecule has 5 heteroatoms. The number of aryl methyl sites for hydroxylation is 1. The second-order valence-corrected chi connectivity index (χ2v) is 5.15. The summed E-state index contributed by atoms with van der Waals surface area (Å²) in [5, 5.41) is 0. The normalized spacial score (nSPS) is 10.7. The van der Waals surface area contributed by atoms with E-state index in [0.717, 1.165) is 5.56 Å². The molecule has 0 aliphatic rings. The summed E-state index contributed by atoms with van der Waals surface area (Å²) in [6.45, 7) is 3.83. The minimum Gasteiger partial charge on any atom is -0.461 e. The van der Waals surface area contributed by atoms with Gasteiger partial charge in [-0.3, -0.25) is 9.36 Å². The molecule has 0 spiro atoms. The number of aromatic nitrogens is 2. The van der Waals surface area contributed by atoms with Crippen molar-refractivity contribution in [3.63, 3.8) is 0 Å². The van der Waals surface area contributed by atoms with Gasteiger partial charge in [-0.15, -0.1) is 0 Å². The lowest BCUT2D eigenvalue weighted by Gasteiger charge is -2.12. The summed E-state index contributed by atoms with van der Waals surface area (Å²) in [7, 11) is 0. The standard InChI is InChI=1S/C18H16N2O3/c1-3-23-18(22)16-17(21)20(13-8-6-7-12(2)11-13)15-10-5-4-9-14(15)19-16/h4-11H,3H2,1-2H3. The molecular formula is C18H16N2O3. The minimum absolute atomic E-state index is 0.192. The molecule has 3 rings (SSSR count). The number of carbonyl (C=O) groups excluding carboxylic acids is 1. The van der Waals surface area contributed by atoms with Crippen LogP contribution in [0.25, 0.3) is 16.7 Å². The van der Waals surface area contributed by atoms with E-state index in [9.17, 15) is 9.59 Å². The Bertz CT molecular complexity index is 944. The SMILES string of the molecule is CCOC(=O)c1nc2ccccc2n(-c2cccc(C)c2)c1=O. The number of carbonyl (C=O) groups is 1. The number of esters is 1. The average Bonchev–Trinajstić information content (AvgIpc) is 2.54. The van der Waals surface area contributed by atoms with Gasteiger partial charge < -0.3 is 4.74 Å². The van der Waals surface area contributed by atoms with Crippen molar-refractivity contribution in [1.82, 2.24) is 9.55 Å². The molecule has 3 aromatic rings. The summed E-state index contributed by atoms with van der Waals surface area (Å²) < 4.78 is 6.46. The molecule has 0 radical (unpaired) electrons. The molecule has 0 aliphatic heterocycles. The van der Waals surface area contributed by atoms with Gasteiger partial charge in [0.05, 0.1) is 17.6 Å². The molecule has 0 saturated heterocycles. The number of ether oxygens (including phenoxy) is 1. The van der Waals surface area contributed by atoms with Crippen LogP contribution < -0.4 is 5.56 Å². The van der Waals surface area contributed by atoms with Crippen LogP contribution in [0.4, 0.5) is 0 Å². The highest BCUT2D eigenvalue weighted by atomic mass is 16.5. The second kappa shape index (κ2) is 6.04. The van der Waals surface area contributed by atoms with Gasteiger partial charge in [0.25, 0.3) is 5.56 Å². The zero-order chi connectivity index (χ0) is 16.4. The molecule has 0 aliphatic carbocycles. The molecule has 0 unspecified atom stereocenters. The third-order valence-electron chi connectivity index (χ3n) is 3.49. The van der Waals surface area contributed by atoms with Gasteiger partial charge in [0.2, 0.25) is 5.69 Å². The molecule has 116 valence electrons. The Morgan fingerprint density at radius 1 is 1.17 bits per heavy atom. The molecule has 2 aromatic carbocycles. The first kappa shape index (κ1) is 15.0. The summed E-state index contributed by atoms with van der Waals surface area (Å²) >= 11 is 0. The van der Waals surface area contributed by atoms with Crippen molar-refractivity contribution in [3.8, 4) is 5.69 Å². The van der Waals surface area contributed by atoms with Crippen molar-refractivity contribution in [2.45, 2.75) is 13.8 Å². The third-order valence-corrected chi connectivity index (χ3v) is 3.49. The Morgan fingerprint density at radius 3 is 2.70 bits per heavy atom. The van der Waals surface area contributed by atoms with Crippen molar-refractivity contribution >= 4 is 17.0 Å². The van der Waals surface area contributed by atoms with Crippen LogP contribution in [0.2, 0.25) is 0 Å². The van der Waals surface area contributed by atoms with E-state index in [1.807, 2.05) is 43.3 Å². The minimum atomic E-state index is -0.704. The van der Waals surface area contributed by atoms with Crippen molar-refractivity contribution in [2.24, 2.45) is 0 Å². The lowest BCUT2D eigenvalue weighted by Crippen LogP contribution is -2.28. The lowest BCUT2D eigenvalue weighted by atomic mass is 10.2. The molecule has 0 atom stereocenters. The summed E-state index contributed by atoms with van der Waals surface area (Å²) in [5.41, 5.74) is 2.25. The summed E-state index contributed by atoms with van der Waals surface area (Å²) in [6.07, 6.45) is 0. The first-order valence-electron chi connectivity index (χ1n) is 7.37. The number of nitrogens with zero attached hydrogens (tertiary/aromatic N) is 2. The van der Waals surface area contributed by atoms with Crippen molar-refractivity contribution in [1.29, 1.82) is 0 Å². The Hall–Kier alpha value is -2.95. The maximum absolute atomic E-state index is 12.8. The van der Waals surface area contributed by atoms with Crippen LogP contribution in [-0.2, 0) is 4.74 Å². The van der Waals surface area contributed by atoms with E-state index in [-0.39, 0.29) is 12.3 Å². The molecule has 5 nitrogen and oxygen atoms in total. The van der Waals surface area contributed by atoms with E-state index in [1.54, 1.807) is 19.1 Å². The van der Waals surface area contributed by atoms with Gasteiger partial charge in [-0.05, 0) is 43.7 Å². The van der Waals surface area contributed by atoms with Gasteiger partial charge in [0.15, 0.2) is 0 Å². The van der Waals surface area contributed by atoms with Gasteiger partial charge in [-0.25, -0.2) is 9.78 Å². The van der Waals surface area contributed by atoms with E-state index in [1.165, 1.54) is 4.57 Å². The van der Waals surface area contributed by atoms with Gasteiger partial charge in [-0.1, -0.05) is 24.3 Å². The molecule has 0 amide bonds. The number of rotatable bonds is 3. The Kier molecular flexibility index (Phi) is 3.93. The first-order valence-corrected chi connectivity index (χ1v) is 7.37. The molecule has 23 heavy (non-hydrogen) atoms. The zero-order valence-corrected chi connectivity index (χ0v) is 12.9. The van der Waals surface area contributed by atoms with Crippen LogP contribution >= 0.6 is 0 Å². The molecular weight excluding hydrogens is 292 g/mol. The topological polar surface area (TPSA) is 61.2 Å². The van der Waals surface area contributed by atoms with Gasteiger partial charge >= 0.3 is 5.97 Å². The lowest BCUT2D eigenvalue weighted by molar-refractivity contribution is 0.0517. The van der Waals surface area contributed by atoms with Crippen LogP contribution in [-0.4, -0.2) is 22.1 Å². The molecule has 0 saturated carbocycles. The summed E-state index contributed by atoms with van der Waals surface area (Å²) in [6, 6.07) is 14.8. The molecule has 0 fully saturated rings. The van der Waals surface area contributed by atoms with Crippen LogP contribution in [0, 0.1) is 6.92 Å². The molecule has 0 N–H and O–H groups in total. The fraction of sp³-hybridized carbons (Fsp3) is 0.167. The van der Waals surface area contributed by atoms with Gasteiger partial charge in [-0.2, -0.15) is 0 Å². The van der Waals surface area contributed by atoms with E-state index >= 15 is 0 Å². The Morgan fingerprint density at radius 2 is 1.96 bits per heavy atom. The smallest absolute Gasteiger partial charge is 0.362 e. The number of fused-ring (bicyclic) bond motifs is 1. The van der Waals surface area contributed by atoms with Gasteiger partial charge in [0, 0.05) is 5.69 Å². The Labute approximate surface area is 133 Å². The zero-order valence-electron chi connectivity index (χ0n) is 12.9. The second-order valence-electron chi connectivity index (χ2n) is 5.15. The molecule has 1 heterocycles. The predicted molar refractivity (Wildman–Crippen MR) is 88.0 cm³/mol. The van der Waals surface area contributed by atoms with Crippen molar-refractivity contribution < 1.29 is 9.53 Å². The van der Waals surface area contributed by atoms with E-state index in [4.69, 9.17) is 4.74 Å². The largest absolute Gasteiger partial charge is 0.461 e. The fourth-order valence-electron chi connectivity index (χ4n) is 2.49. The summed E-state index contributed by atoms with van der Waals surface area (Å²) in [5.74, 6) is -0.704. The maximum atomic E-state index is 12.8. The van der Waals surface area contributed by atoms with E-state index < -0.39 is 11.5 Å². The van der Waals surface area contributed by atoms with Gasteiger partial charge in [0.1, 0.15) is 0 Å². The maximum Gasteiger partial charge on any atom is 0.362 e. The average molecular weight is 308 g/mol. The van der Waals surface area contributed by atoms with E-state index in [0.29, 0.717) is 16.7 Å². The van der Waals surface area contributed by atoms with Crippen LogP contribution in [0.1, 0.15) is 23.0 Å². The van der Waals surface area contributed by atoms with Crippen LogP contribution in [0.5, 0.6) is 0 Å². The number of hydrogen-bond acceptors (Lipinski definition) is 4. The predicted octanol–water partition coefficient (Wildman–Crippen LogP) is 2.87. The van der Waals surface area contributed by atoms with E-state index in [2.05, 4.69) is 4.98 Å². The monoisotopic (exact) mass is 308 g/mol. The molecule has 1 aromatic heterocycles. The number of benzene rings is 2. The highest BCUT2D eigenvalue weighted by Crippen LogP contribution is 2.16. The van der Waals surface area contributed by atoms with Crippen molar-refractivity contribution in [2.75, 3.05) is 6.61 Å². The van der Waals surface area contributed by atoms with Crippen LogP contribution in [0.15, 0.2) is 53.3 Å². The summed E-state index contributed by atoms with van der Waals surface area (Å²) in [4.78, 5) is 29.1. The highest BCUT2D eigenvalue weighted by molar-refractivity contribution is 5.90. The van der Waals surface area contributed by atoms with Crippen molar-refractivity contribution in [3.05, 3.63) is 70.1 Å². The number of para-hydroxylation sites is 2. The molecule has 0 bridgehead atoms. The third kappa shape index (κ3) is 2.73.